The van der Waals surface area contributed by atoms with Crippen molar-refractivity contribution in [3.8, 4) is 0 Å². The van der Waals surface area contributed by atoms with E-state index in [0.717, 1.165) is 32.7 Å². The lowest BCUT2D eigenvalue weighted by Gasteiger charge is -2.23. The van der Waals surface area contributed by atoms with Crippen molar-refractivity contribution in [3.63, 3.8) is 0 Å². The zero-order valence-electron chi connectivity index (χ0n) is 14.1. The highest BCUT2D eigenvalue weighted by atomic mass is 16.5. The molecule has 4 nitrogen and oxygen atoms in total. The Morgan fingerprint density at radius 2 is 2.00 bits per heavy atom. The second-order valence-corrected chi connectivity index (χ2v) is 6.24. The molecule has 1 aliphatic rings. The van der Waals surface area contributed by atoms with Gasteiger partial charge in [-0.3, -0.25) is 4.68 Å². The van der Waals surface area contributed by atoms with Gasteiger partial charge in [0.1, 0.15) is 0 Å². The van der Waals surface area contributed by atoms with Crippen LogP contribution < -0.4 is 5.32 Å². The number of aromatic nitrogens is 2. The number of hydrogen-bond donors (Lipinski definition) is 1. The predicted octanol–water partition coefficient (Wildman–Crippen LogP) is 3.38. The molecule has 1 aliphatic heterocycles. The van der Waals surface area contributed by atoms with E-state index in [1.807, 2.05) is 0 Å². The molecule has 2 heterocycles. The van der Waals surface area contributed by atoms with Crippen LogP contribution in [-0.2, 0) is 11.3 Å². The topological polar surface area (TPSA) is 39.1 Å². The molecule has 4 heteroatoms. The van der Waals surface area contributed by atoms with Crippen LogP contribution in [0.5, 0.6) is 0 Å². The van der Waals surface area contributed by atoms with Crippen molar-refractivity contribution >= 4 is 0 Å². The van der Waals surface area contributed by atoms with Crippen LogP contribution in [0.25, 0.3) is 0 Å². The van der Waals surface area contributed by atoms with Crippen LogP contribution in [0.4, 0.5) is 0 Å². The Morgan fingerprint density at radius 1 is 1.29 bits per heavy atom. The molecule has 1 unspecified atom stereocenters. The number of nitrogens with one attached hydrogen (secondary N) is 1. The summed E-state index contributed by atoms with van der Waals surface area (Å²) in [5.74, 6) is 0.716. The summed E-state index contributed by atoms with van der Waals surface area (Å²) in [5.41, 5.74) is 3.95. The normalized spacial score (nSPS) is 18.1. The van der Waals surface area contributed by atoms with E-state index in [9.17, 15) is 0 Å². The number of aryl methyl sites for hydroxylation is 1. The third-order valence-electron chi connectivity index (χ3n) is 4.61. The van der Waals surface area contributed by atoms with Crippen molar-refractivity contribution < 1.29 is 4.74 Å². The Hall–Kier alpha value is -0.870. The van der Waals surface area contributed by atoms with Gasteiger partial charge in [0.15, 0.2) is 0 Å². The Morgan fingerprint density at radius 3 is 2.62 bits per heavy atom. The zero-order chi connectivity index (χ0) is 15.2. The summed E-state index contributed by atoms with van der Waals surface area (Å²) in [6.07, 6.45) is 4.62. The molecule has 0 aliphatic carbocycles. The molecular formula is C17H31N3O. The highest BCUT2D eigenvalue weighted by molar-refractivity contribution is 5.28. The fraction of sp³-hybridized carbons (Fsp3) is 0.824. The monoisotopic (exact) mass is 293 g/mol. The first-order valence-electron chi connectivity index (χ1n) is 8.52. The number of rotatable bonds is 7. The Kier molecular flexibility index (Phi) is 6.24. The molecule has 1 N–H and O–H groups in total. The van der Waals surface area contributed by atoms with Crippen LogP contribution in [0.15, 0.2) is 0 Å². The van der Waals surface area contributed by atoms with Crippen LogP contribution in [0.2, 0.25) is 0 Å². The van der Waals surface area contributed by atoms with E-state index < -0.39 is 0 Å². The van der Waals surface area contributed by atoms with E-state index in [-0.39, 0.29) is 0 Å². The molecule has 0 bridgehead atoms. The molecular weight excluding hydrogens is 262 g/mol. The smallest absolute Gasteiger partial charge is 0.0644 e. The molecule has 0 aromatic carbocycles. The van der Waals surface area contributed by atoms with Gasteiger partial charge in [0.25, 0.3) is 0 Å². The Balaban J connectivity index is 2.11. The largest absolute Gasteiger partial charge is 0.381 e. The maximum absolute atomic E-state index is 5.46. The molecule has 1 aromatic heterocycles. The highest BCUT2D eigenvalue weighted by Crippen LogP contribution is 2.26. The first kappa shape index (κ1) is 16.5. The quantitative estimate of drug-likeness (QED) is 0.837. The molecule has 1 saturated heterocycles. The van der Waals surface area contributed by atoms with E-state index in [2.05, 4.69) is 37.7 Å². The molecule has 0 saturated carbocycles. The number of nitrogens with zero attached hydrogens (tertiary/aromatic N) is 2. The summed E-state index contributed by atoms with van der Waals surface area (Å²) in [7, 11) is 0. The van der Waals surface area contributed by atoms with E-state index in [4.69, 9.17) is 9.84 Å². The van der Waals surface area contributed by atoms with Crippen molar-refractivity contribution in [3.05, 3.63) is 17.0 Å². The predicted molar refractivity (Wildman–Crippen MR) is 86.6 cm³/mol. The summed E-state index contributed by atoms with van der Waals surface area (Å²) in [6.45, 7) is 12.8. The van der Waals surface area contributed by atoms with Crippen molar-refractivity contribution in [2.75, 3.05) is 19.8 Å². The maximum atomic E-state index is 5.46. The Labute approximate surface area is 129 Å². The molecule has 0 radical (unpaired) electrons. The first-order chi connectivity index (χ1) is 10.2. The fourth-order valence-electron chi connectivity index (χ4n) is 3.34. The lowest BCUT2D eigenvalue weighted by atomic mass is 9.99. The summed E-state index contributed by atoms with van der Waals surface area (Å²) < 4.78 is 7.69. The number of hydrogen-bond acceptors (Lipinski definition) is 3. The van der Waals surface area contributed by atoms with Gasteiger partial charge in [-0.05, 0) is 52.0 Å². The summed E-state index contributed by atoms with van der Waals surface area (Å²) in [4.78, 5) is 0. The summed E-state index contributed by atoms with van der Waals surface area (Å²) in [5, 5.41) is 8.48. The summed E-state index contributed by atoms with van der Waals surface area (Å²) >= 11 is 0. The molecule has 1 atom stereocenters. The van der Waals surface area contributed by atoms with Crippen LogP contribution in [0, 0.1) is 19.8 Å². The second-order valence-electron chi connectivity index (χ2n) is 6.24. The lowest BCUT2D eigenvalue weighted by molar-refractivity contribution is 0.0599. The SMILES string of the molecule is CCCNC(CC)c1c(C)nn(CC2CCOCC2)c1C. The Bertz CT molecular complexity index is 435. The maximum Gasteiger partial charge on any atom is 0.0644 e. The van der Waals surface area contributed by atoms with Gasteiger partial charge in [-0.25, -0.2) is 0 Å². The third-order valence-corrected chi connectivity index (χ3v) is 4.61. The zero-order valence-corrected chi connectivity index (χ0v) is 14.1. The van der Waals surface area contributed by atoms with E-state index in [1.54, 1.807) is 0 Å². The van der Waals surface area contributed by atoms with Crippen LogP contribution in [-0.4, -0.2) is 29.5 Å². The van der Waals surface area contributed by atoms with Gasteiger partial charge < -0.3 is 10.1 Å². The fourth-order valence-corrected chi connectivity index (χ4v) is 3.34. The van der Waals surface area contributed by atoms with Gasteiger partial charge in [0.05, 0.1) is 5.69 Å². The van der Waals surface area contributed by atoms with E-state index >= 15 is 0 Å². The second kappa shape index (κ2) is 7.95. The van der Waals surface area contributed by atoms with Crippen molar-refractivity contribution in [1.82, 2.24) is 15.1 Å². The average Bonchev–Trinajstić information content (AvgIpc) is 2.77. The summed E-state index contributed by atoms with van der Waals surface area (Å²) in [6, 6.07) is 0.438. The molecule has 1 fully saturated rings. The van der Waals surface area contributed by atoms with Gasteiger partial charge in [-0.15, -0.1) is 0 Å². The standard InChI is InChI=1S/C17H31N3O/c1-5-9-18-16(6-2)17-13(3)19-20(14(17)4)12-15-7-10-21-11-8-15/h15-16,18H,5-12H2,1-4H3. The molecule has 120 valence electrons. The molecule has 21 heavy (non-hydrogen) atoms. The lowest BCUT2D eigenvalue weighted by Crippen LogP contribution is -2.23. The van der Waals surface area contributed by atoms with Gasteiger partial charge in [0.2, 0.25) is 0 Å². The minimum Gasteiger partial charge on any atom is -0.381 e. The van der Waals surface area contributed by atoms with Gasteiger partial charge >= 0.3 is 0 Å². The van der Waals surface area contributed by atoms with Crippen molar-refractivity contribution in [2.24, 2.45) is 5.92 Å². The third kappa shape index (κ3) is 4.07. The average molecular weight is 293 g/mol. The molecule has 0 spiro atoms. The highest BCUT2D eigenvalue weighted by Gasteiger charge is 2.21. The van der Waals surface area contributed by atoms with Crippen LogP contribution in [0.3, 0.4) is 0 Å². The first-order valence-corrected chi connectivity index (χ1v) is 8.52. The van der Waals surface area contributed by atoms with Gasteiger partial charge in [-0.1, -0.05) is 13.8 Å². The van der Waals surface area contributed by atoms with E-state index in [1.165, 1.54) is 36.2 Å². The van der Waals surface area contributed by atoms with Gasteiger partial charge in [0, 0.05) is 37.1 Å². The minimum atomic E-state index is 0.438. The van der Waals surface area contributed by atoms with Crippen molar-refractivity contribution in [2.45, 2.75) is 66.0 Å². The molecule has 0 amide bonds. The molecule has 2 rings (SSSR count). The van der Waals surface area contributed by atoms with Crippen molar-refractivity contribution in [1.29, 1.82) is 0 Å². The van der Waals surface area contributed by atoms with E-state index in [0.29, 0.717) is 12.0 Å². The van der Waals surface area contributed by atoms with Crippen LogP contribution in [0.1, 0.15) is 62.5 Å². The van der Waals surface area contributed by atoms with Gasteiger partial charge in [-0.2, -0.15) is 5.10 Å². The minimum absolute atomic E-state index is 0.438. The van der Waals surface area contributed by atoms with Crippen LogP contribution >= 0.6 is 0 Å². The molecule has 1 aromatic rings. The number of ether oxygens (including phenoxy) is 1.